The van der Waals surface area contributed by atoms with E-state index in [1.165, 1.54) is 11.3 Å². The monoisotopic (exact) mass is 237 g/mol. The first kappa shape index (κ1) is 11.6. The van der Waals surface area contributed by atoms with Crippen LogP contribution in [-0.4, -0.2) is 0 Å². The second-order valence-corrected chi connectivity index (χ2v) is 4.01. The summed E-state index contributed by atoms with van der Waals surface area (Å²) in [5, 5.41) is 9.52. The van der Waals surface area contributed by atoms with Gasteiger partial charge in [-0.1, -0.05) is 42.2 Å². The lowest BCUT2D eigenvalue weighted by Gasteiger charge is -2.04. The van der Waals surface area contributed by atoms with Crippen LogP contribution in [0, 0.1) is 11.3 Å². The van der Waals surface area contributed by atoms with Crippen LogP contribution in [0.4, 0.5) is 0 Å². The van der Waals surface area contributed by atoms with Gasteiger partial charge in [0.25, 0.3) is 0 Å². The summed E-state index contributed by atoms with van der Waals surface area (Å²) in [5.74, 6) is 0.429. The fraction of sp³-hybridized carbons (Fsp3) is 0. The Morgan fingerprint density at radius 2 is 2.33 bits per heavy atom. The molecule has 15 heavy (non-hydrogen) atoms. The molecule has 0 saturated carbocycles. The molecule has 0 aliphatic rings. The van der Waals surface area contributed by atoms with E-state index in [1.807, 2.05) is 6.07 Å². The van der Waals surface area contributed by atoms with E-state index in [0.29, 0.717) is 20.7 Å². The lowest BCUT2D eigenvalue weighted by Crippen LogP contribution is -1.92. The summed E-state index contributed by atoms with van der Waals surface area (Å²) in [7, 11) is 0. The standard InChI is InChI=1S/C11H8ClNOS/c1-3-4-10(8(2)12)14-11-6-5-9(7-13)15-11/h3-6H,1-2H2/b10-4+. The Kier molecular flexibility index (Phi) is 4.17. The number of hydrogen-bond acceptors (Lipinski definition) is 3. The van der Waals surface area contributed by atoms with Gasteiger partial charge in [-0.15, -0.1) is 0 Å². The van der Waals surface area contributed by atoms with Gasteiger partial charge < -0.3 is 4.74 Å². The van der Waals surface area contributed by atoms with Crippen molar-refractivity contribution in [2.24, 2.45) is 0 Å². The summed E-state index contributed by atoms with van der Waals surface area (Å²) in [4.78, 5) is 0.586. The number of nitriles is 1. The first-order chi connectivity index (χ1) is 7.17. The number of allylic oxidation sites excluding steroid dienone is 3. The summed E-state index contributed by atoms with van der Waals surface area (Å²) >= 11 is 6.96. The Hall–Kier alpha value is -1.50. The predicted octanol–water partition coefficient (Wildman–Crippen LogP) is 3.82. The average Bonchev–Trinajstić information content (AvgIpc) is 2.65. The maximum atomic E-state index is 8.63. The Morgan fingerprint density at radius 3 is 2.80 bits per heavy atom. The van der Waals surface area contributed by atoms with Crippen molar-refractivity contribution in [3.8, 4) is 11.1 Å². The van der Waals surface area contributed by atoms with Crippen molar-refractivity contribution in [3.63, 3.8) is 0 Å². The van der Waals surface area contributed by atoms with Gasteiger partial charge in [-0.2, -0.15) is 5.26 Å². The molecule has 0 saturated heterocycles. The van der Waals surface area contributed by atoms with E-state index in [1.54, 1.807) is 24.3 Å². The molecule has 1 rings (SSSR count). The minimum Gasteiger partial charge on any atom is -0.445 e. The molecule has 0 atom stereocenters. The Labute approximate surface area is 97.4 Å². The van der Waals surface area contributed by atoms with Gasteiger partial charge in [0.1, 0.15) is 16.7 Å². The third-order valence-corrected chi connectivity index (χ3v) is 2.49. The van der Waals surface area contributed by atoms with Gasteiger partial charge in [0.15, 0.2) is 5.06 Å². The molecular formula is C11H8ClNOS. The number of rotatable bonds is 4. The molecule has 0 fully saturated rings. The van der Waals surface area contributed by atoms with Crippen LogP contribution >= 0.6 is 22.9 Å². The van der Waals surface area contributed by atoms with E-state index in [9.17, 15) is 0 Å². The normalized spacial score (nSPS) is 10.5. The van der Waals surface area contributed by atoms with Crippen LogP contribution in [0.5, 0.6) is 5.06 Å². The molecule has 0 aliphatic carbocycles. The van der Waals surface area contributed by atoms with Gasteiger partial charge in [-0.05, 0) is 18.2 Å². The van der Waals surface area contributed by atoms with Gasteiger partial charge in [0.05, 0.1) is 5.03 Å². The molecule has 2 nitrogen and oxygen atoms in total. The number of ether oxygens (including phenoxy) is 1. The zero-order chi connectivity index (χ0) is 11.3. The van der Waals surface area contributed by atoms with E-state index >= 15 is 0 Å². The molecule has 0 aliphatic heterocycles. The minimum absolute atomic E-state index is 0.293. The van der Waals surface area contributed by atoms with Crippen LogP contribution < -0.4 is 4.74 Å². The molecule has 0 aromatic carbocycles. The summed E-state index contributed by atoms with van der Waals surface area (Å²) in [6, 6.07) is 5.42. The summed E-state index contributed by atoms with van der Waals surface area (Å²) in [6.45, 7) is 7.10. The quantitative estimate of drug-likeness (QED) is 0.589. The van der Waals surface area contributed by atoms with Gasteiger partial charge in [0, 0.05) is 0 Å². The van der Waals surface area contributed by atoms with Crippen molar-refractivity contribution in [2.45, 2.75) is 0 Å². The zero-order valence-electron chi connectivity index (χ0n) is 7.87. The largest absolute Gasteiger partial charge is 0.445 e. The summed E-state index contributed by atoms with van der Waals surface area (Å²) in [6.07, 6.45) is 3.17. The molecule has 0 radical (unpaired) electrons. The molecule has 0 unspecified atom stereocenters. The minimum atomic E-state index is 0.293. The number of hydrogen-bond donors (Lipinski definition) is 0. The van der Waals surface area contributed by atoms with Crippen LogP contribution in [0.15, 0.2) is 48.2 Å². The molecule has 0 bridgehead atoms. The van der Waals surface area contributed by atoms with E-state index in [-0.39, 0.29) is 0 Å². The molecular weight excluding hydrogens is 230 g/mol. The van der Waals surface area contributed by atoms with Crippen molar-refractivity contribution in [2.75, 3.05) is 0 Å². The van der Waals surface area contributed by atoms with E-state index < -0.39 is 0 Å². The smallest absolute Gasteiger partial charge is 0.182 e. The molecule has 1 aromatic heterocycles. The van der Waals surface area contributed by atoms with Gasteiger partial charge in [-0.3, -0.25) is 0 Å². The van der Waals surface area contributed by atoms with E-state index in [0.717, 1.165) is 0 Å². The van der Waals surface area contributed by atoms with Gasteiger partial charge >= 0.3 is 0 Å². The molecule has 0 spiro atoms. The first-order valence-electron chi connectivity index (χ1n) is 4.02. The SMILES string of the molecule is C=C/C=C(/Oc1ccc(C#N)s1)C(=C)Cl. The highest BCUT2D eigenvalue weighted by atomic mass is 35.5. The fourth-order valence-electron chi connectivity index (χ4n) is 0.830. The van der Waals surface area contributed by atoms with Crippen LogP contribution in [0.1, 0.15) is 4.88 Å². The summed E-state index contributed by atoms with van der Waals surface area (Å²) in [5.41, 5.74) is 0. The van der Waals surface area contributed by atoms with Crippen LogP contribution in [0.2, 0.25) is 0 Å². The molecule has 1 heterocycles. The topological polar surface area (TPSA) is 33.0 Å². The fourth-order valence-corrected chi connectivity index (χ4v) is 1.60. The maximum absolute atomic E-state index is 8.63. The maximum Gasteiger partial charge on any atom is 0.182 e. The third-order valence-electron chi connectivity index (χ3n) is 1.44. The highest BCUT2D eigenvalue weighted by molar-refractivity contribution is 7.14. The van der Waals surface area contributed by atoms with Crippen molar-refractivity contribution < 1.29 is 4.74 Å². The van der Waals surface area contributed by atoms with Crippen LogP contribution in [-0.2, 0) is 0 Å². The Morgan fingerprint density at radius 1 is 1.60 bits per heavy atom. The lowest BCUT2D eigenvalue weighted by molar-refractivity contribution is 0.455. The van der Waals surface area contributed by atoms with Crippen molar-refractivity contribution >= 4 is 22.9 Å². The van der Waals surface area contributed by atoms with Crippen molar-refractivity contribution in [1.29, 1.82) is 5.26 Å². The van der Waals surface area contributed by atoms with Crippen LogP contribution in [0.3, 0.4) is 0 Å². The predicted molar refractivity (Wildman–Crippen MR) is 62.9 cm³/mol. The highest BCUT2D eigenvalue weighted by Crippen LogP contribution is 2.27. The van der Waals surface area contributed by atoms with Gasteiger partial charge in [0.2, 0.25) is 0 Å². The summed E-state index contributed by atoms with van der Waals surface area (Å²) < 4.78 is 5.42. The Balaban J connectivity index is 2.84. The first-order valence-corrected chi connectivity index (χ1v) is 5.22. The number of thiophene rings is 1. The second-order valence-electron chi connectivity index (χ2n) is 2.50. The third kappa shape index (κ3) is 3.28. The van der Waals surface area contributed by atoms with Crippen LogP contribution in [0.25, 0.3) is 0 Å². The second kappa shape index (κ2) is 5.40. The molecule has 1 aromatic rings. The van der Waals surface area contributed by atoms with Crippen molar-refractivity contribution in [1.82, 2.24) is 0 Å². The lowest BCUT2D eigenvalue weighted by atomic mass is 10.4. The number of nitrogens with zero attached hydrogens (tertiary/aromatic N) is 1. The Bertz CT molecular complexity index is 453. The van der Waals surface area contributed by atoms with E-state index in [4.69, 9.17) is 21.6 Å². The zero-order valence-corrected chi connectivity index (χ0v) is 9.44. The van der Waals surface area contributed by atoms with E-state index in [2.05, 4.69) is 13.2 Å². The molecule has 4 heteroatoms. The number of halogens is 1. The average molecular weight is 238 g/mol. The van der Waals surface area contributed by atoms with Gasteiger partial charge in [-0.25, -0.2) is 0 Å². The molecule has 76 valence electrons. The highest BCUT2D eigenvalue weighted by Gasteiger charge is 2.05. The molecule has 0 N–H and O–H groups in total. The molecule has 0 amide bonds. The van der Waals surface area contributed by atoms with Crippen molar-refractivity contribution in [3.05, 3.63) is 53.1 Å².